The molecule has 13 heavy (non-hydrogen) atoms. The van der Waals surface area contributed by atoms with Crippen molar-refractivity contribution in [2.75, 3.05) is 14.1 Å². The summed E-state index contributed by atoms with van der Waals surface area (Å²) in [5, 5.41) is 6.38. The maximum atomic E-state index is 2.16. The first-order valence-corrected chi connectivity index (χ1v) is 4.70. The van der Waals surface area contributed by atoms with Crippen molar-refractivity contribution in [1.29, 1.82) is 0 Å². The summed E-state index contributed by atoms with van der Waals surface area (Å²) in [6.45, 7) is 6.41. The SMILES string of the molecule is CCC=CN1C(C)=C(C)N(C)N1C. The zero-order valence-electron chi connectivity index (χ0n) is 9.20. The van der Waals surface area contributed by atoms with Crippen LogP contribution in [-0.2, 0) is 0 Å². The average Bonchev–Trinajstić information content (AvgIpc) is 2.30. The molecule has 1 aliphatic heterocycles. The first kappa shape index (κ1) is 10.1. The van der Waals surface area contributed by atoms with Crippen LogP contribution in [0, 0.1) is 0 Å². The Balaban J connectivity index is 2.82. The lowest BCUT2D eigenvalue weighted by Gasteiger charge is -2.29. The lowest BCUT2D eigenvalue weighted by atomic mass is 10.3. The summed E-state index contributed by atoms with van der Waals surface area (Å²) in [5.41, 5.74) is 2.58. The van der Waals surface area contributed by atoms with Crippen molar-refractivity contribution in [3.05, 3.63) is 23.7 Å². The Bertz CT molecular complexity index is 243. The molecule has 0 fully saturated rings. The standard InChI is InChI=1S/C10H19N3/c1-6-7-8-13-10(3)9(2)11(4)12(13)5/h7-8H,6H2,1-5H3. The molecule has 0 bridgehead atoms. The van der Waals surface area contributed by atoms with Gasteiger partial charge >= 0.3 is 0 Å². The van der Waals surface area contributed by atoms with Gasteiger partial charge in [-0.15, -0.1) is 5.12 Å². The third-order valence-electron chi connectivity index (χ3n) is 2.58. The molecule has 0 N–H and O–H groups in total. The highest BCUT2D eigenvalue weighted by molar-refractivity contribution is 5.13. The van der Waals surface area contributed by atoms with Gasteiger partial charge in [0.25, 0.3) is 0 Å². The molecule has 1 rings (SSSR count). The van der Waals surface area contributed by atoms with Gasteiger partial charge in [0.05, 0.1) is 5.70 Å². The van der Waals surface area contributed by atoms with Crippen LogP contribution in [-0.4, -0.2) is 29.2 Å². The molecule has 3 nitrogen and oxygen atoms in total. The Morgan fingerprint density at radius 2 is 1.77 bits per heavy atom. The van der Waals surface area contributed by atoms with Gasteiger partial charge in [0, 0.05) is 26.0 Å². The molecule has 0 saturated carbocycles. The predicted molar refractivity (Wildman–Crippen MR) is 55.2 cm³/mol. The molecular weight excluding hydrogens is 162 g/mol. The van der Waals surface area contributed by atoms with Crippen LogP contribution in [0.2, 0.25) is 0 Å². The van der Waals surface area contributed by atoms with Crippen LogP contribution in [0.1, 0.15) is 27.2 Å². The van der Waals surface area contributed by atoms with E-state index in [1.165, 1.54) is 11.4 Å². The minimum Gasteiger partial charge on any atom is -0.294 e. The second-order valence-electron chi connectivity index (χ2n) is 3.32. The highest BCUT2D eigenvalue weighted by Crippen LogP contribution is 2.24. The molecule has 0 aromatic carbocycles. The van der Waals surface area contributed by atoms with Crippen LogP contribution < -0.4 is 0 Å². The maximum absolute atomic E-state index is 2.16. The van der Waals surface area contributed by atoms with Crippen molar-refractivity contribution < 1.29 is 0 Å². The van der Waals surface area contributed by atoms with E-state index in [-0.39, 0.29) is 0 Å². The topological polar surface area (TPSA) is 9.72 Å². The number of hydrazine groups is 2. The number of rotatable bonds is 2. The van der Waals surface area contributed by atoms with Crippen molar-refractivity contribution >= 4 is 0 Å². The van der Waals surface area contributed by atoms with Gasteiger partial charge in [0.1, 0.15) is 0 Å². The van der Waals surface area contributed by atoms with E-state index in [2.05, 4.69) is 62.3 Å². The molecule has 0 saturated heterocycles. The van der Waals surface area contributed by atoms with Gasteiger partial charge in [-0.1, -0.05) is 13.0 Å². The molecule has 0 aromatic rings. The second-order valence-corrected chi connectivity index (χ2v) is 3.32. The normalized spacial score (nSPS) is 19.8. The molecule has 0 radical (unpaired) electrons. The Labute approximate surface area is 80.9 Å². The summed E-state index contributed by atoms with van der Waals surface area (Å²) in [6, 6.07) is 0. The first-order chi connectivity index (χ1) is 6.09. The molecular formula is C10H19N3. The van der Waals surface area contributed by atoms with Gasteiger partial charge < -0.3 is 0 Å². The Morgan fingerprint density at radius 1 is 1.15 bits per heavy atom. The predicted octanol–water partition coefficient (Wildman–Crippen LogP) is 2.17. The van der Waals surface area contributed by atoms with Crippen LogP contribution in [0.3, 0.4) is 0 Å². The van der Waals surface area contributed by atoms with Crippen molar-refractivity contribution in [2.24, 2.45) is 0 Å². The van der Waals surface area contributed by atoms with Crippen LogP contribution in [0.15, 0.2) is 23.7 Å². The smallest absolute Gasteiger partial charge is 0.0537 e. The summed E-state index contributed by atoms with van der Waals surface area (Å²) < 4.78 is 0. The van der Waals surface area contributed by atoms with Crippen LogP contribution in [0.4, 0.5) is 0 Å². The van der Waals surface area contributed by atoms with E-state index in [1.807, 2.05) is 0 Å². The zero-order chi connectivity index (χ0) is 10.0. The van der Waals surface area contributed by atoms with E-state index in [0.717, 1.165) is 6.42 Å². The van der Waals surface area contributed by atoms with E-state index in [1.54, 1.807) is 0 Å². The molecule has 0 amide bonds. The fraction of sp³-hybridized carbons (Fsp3) is 0.600. The van der Waals surface area contributed by atoms with Gasteiger partial charge in [-0.25, -0.2) is 0 Å². The number of hydrogen-bond donors (Lipinski definition) is 0. The Hall–Kier alpha value is -0.960. The molecule has 0 unspecified atom stereocenters. The van der Waals surface area contributed by atoms with Gasteiger partial charge in [-0.2, -0.15) is 0 Å². The van der Waals surface area contributed by atoms with Crippen molar-refractivity contribution in [2.45, 2.75) is 27.2 Å². The van der Waals surface area contributed by atoms with Crippen LogP contribution in [0.25, 0.3) is 0 Å². The van der Waals surface area contributed by atoms with Gasteiger partial charge in [0.15, 0.2) is 0 Å². The molecule has 0 aromatic heterocycles. The Kier molecular flexibility index (Phi) is 2.98. The first-order valence-electron chi connectivity index (χ1n) is 4.70. The minimum absolute atomic E-state index is 1.07. The van der Waals surface area contributed by atoms with Gasteiger partial charge in [-0.3, -0.25) is 10.0 Å². The molecule has 1 aliphatic rings. The van der Waals surface area contributed by atoms with Crippen LogP contribution in [0.5, 0.6) is 0 Å². The average molecular weight is 181 g/mol. The maximum Gasteiger partial charge on any atom is 0.0537 e. The number of hydrogen-bond acceptors (Lipinski definition) is 3. The lowest BCUT2D eigenvalue weighted by Crippen LogP contribution is -2.37. The summed E-state index contributed by atoms with van der Waals surface area (Å²) in [4.78, 5) is 0. The Morgan fingerprint density at radius 3 is 2.15 bits per heavy atom. The van der Waals surface area contributed by atoms with Crippen LogP contribution >= 0.6 is 0 Å². The lowest BCUT2D eigenvalue weighted by molar-refractivity contribution is -0.0491. The van der Waals surface area contributed by atoms with Crippen molar-refractivity contribution in [3.8, 4) is 0 Å². The monoisotopic (exact) mass is 181 g/mol. The molecule has 1 heterocycles. The van der Waals surface area contributed by atoms with Crippen molar-refractivity contribution in [3.63, 3.8) is 0 Å². The molecule has 74 valence electrons. The molecule has 0 aliphatic carbocycles. The summed E-state index contributed by atoms with van der Waals surface area (Å²) in [6.07, 6.45) is 5.34. The molecule has 0 atom stereocenters. The minimum atomic E-state index is 1.07. The van der Waals surface area contributed by atoms with E-state index in [4.69, 9.17) is 0 Å². The highest BCUT2D eigenvalue weighted by Gasteiger charge is 2.24. The summed E-state index contributed by atoms with van der Waals surface area (Å²) >= 11 is 0. The van der Waals surface area contributed by atoms with Crippen molar-refractivity contribution in [1.82, 2.24) is 15.1 Å². The second kappa shape index (κ2) is 3.83. The van der Waals surface area contributed by atoms with Gasteiger partial charge in [0.2, 0.25) is 0 Å². The number of allylic oxidation sites excluding steroid dienone is 3. The highest BCUT2D eigenvalue weighted by atomic mass is 15.9. The van der Waals surface area contributed by atoms with Gasteiger partial charge in [-0.05, 0) is 20.3 Å². The fourth-order valence-electron chi connectivity index (χ4n) is 1.39. The zero-order valence-corrected chi connectivity index (χ0v) is 9.20. The third kappa shape index (κ3) is 1.70. The summed E-state index contributed by atoms with van der Waals surface area (Å²) in [5.74, 6) is 0. The molecule has 0 spiro atoms. The van der Waals surface area contributed by atoms with E-state index in [9.17, 15) is 0 Å². The van der Waals surface area contributed by atoms with E-state index in [0.29, 0.717) is 0 Å². The quantitative estimate of drug-likeness (QED) is 0.646. The largest absolute Gasteiger partial charge is 0.294 e. The third-order valence-corrected chi connectivity index (χ3v) is 2.58. The summed E-state index contributed by atoms with van der Waals surface area (Å²) in [7, 11) is 4.12. The fourth-order valence-corrected chi connectivity index (χ4v) is 1.39. The van der Waals surface area contributed by atoms with E-state index >= 15 is 0 Å². The molecule has 3 heteroatoms. The van der Waals surface area contributed by atoms with E-state index < -0.39 is 0 Å². The number of nitrogens with zero attached hydrogens (tertiary/aromatic N) is 3.